The molecule has 1 aliphatic carbocycles. The van der Waals surface area contributed by atoms with Gasteiger partial charge in [0.15, 0.2) is 0 Å². The molecule has 1 aliphatic rings. The van der Waals surface area contributed by atoms with Crippen molar-refractivity contribution in [1.29, 1.82) is 5.26 Å². The molecule has 0 saturated heterocycles. The fourth-order valence-electron chi connectivity index (χ4n) is 2.04. The summed E-state index contributed by atoms with van der Waals surface area (Å²) in [6.07, 6.45) is 4.81. The second-order valence-corrected chi connectivity index (χ2v) is 4.61. The molecule has 1 N–H and O–H groups in total. The SMILES string of the molecule is N#CC1(NC(=O)c2ccc(Cl)nc2)CCCC1. The molecule has 0 aliphatic heterocycles. The molecule has 1 fully saturated rings. The Hall–Kier alpha value is -1.60. The number of rotatable bonds is 2. The Labute approximate surface area is 105 Å². The van der Waals surface area contributed by atoms with Gasteiger partial charge in [-0.15, -0.1) is 0 Å². The molecule has 1 amide bonds. The van der Waals surface area contributed by atoms with E-state index in [1.807, 2.05) is 0 Å². The van der Waals surface area contributed by atoms with E-state index in [-0.39, 0.29) is 5.91 Å². The summed E-state index contributed by atoms with van der Waals surface area (Å²) in [6, 6.07) is 5.37. The Kier molecular flexibility index (Phi) is 3.30. The number of nitriles is 1. The van der Waals surface area contributed by atoms with E-state index in [0.717, 1.165) is 25.7 Å². The molecule has 1 aromatic rings. The van der Waals surface area contributed by atoms with E-state index in [1.54, 1.807) is 12.1 Å². The average molecular weight is 250 g/mol. The van der Waals surface area contributed by atoms with Crippen molar-refractivity contribution in [3.63, 3.8) is 0 Å². The van der Waals surface area contributed by atoms with Crippen LogP contribution in [0.5, 0.6) is 0 Å². The molecule has 0 unspecified atom stereocenters. The van der Waals surface area contributed by atoms with Gasteiger partial charge in [0.2, 0.25) is 0 Å². The molecule has 1 heterocycles. The van der Waals surface area contributed by atoms with Gasteiger partial charge in [0.1, 0.15) is 10.7 Å². The van der Waals surface area contributed by atoms with Gasteiger partial charge in [-0.25, -0.2) is 4.98 Å². The summed E-state index contributed by atoms with van der Waals surface area (Å²) >= 11 is 5.65. The van der Waals surface area contributed by atoms with E-state index in [4.69, 9.17) is 16.9 Å². The Bertz CT molecular complexity index is 458. The maximum atomic E-state index is 11.9. The molecule has 0 atom stereocenters. The van der Waals surface area contributed by atoms with Crippen LogP contribution in [0.2, 0.25) is 5.15 Å². The van der Waals surface area contributed by atoms with E-state index >= 15 is 0 Å². The minimum absolute atomic E-state index is 0.266. The van der Waals surface area contributed by atoms with Crippen LogP contribution in [-0.2, 0) is 0 Å². The predicted molar refractivity (Wildman–Crippen MR) is 63.5 cm³/mol. The van der Waals surface area contributed by atoms with Crippen LogP contribution in [0.15, 0.2) is 18.3 Å². The maximum Gasteiger partial charge on any atom is 0.254 e. The van der Waals surface area contributed by atoms with E-state index in [9.17, 15) is 4.79 Å². The monoisotopic (exact) mass is 249 g/mol. The van der Waals surface area contributed by atoms with Crippen molar-refractivity contribution < 1.29 is 4.79 Å². The van der Waals surface area contributed by atoms with Crippen molar-refractivity contribution in [3.05, 3.63) is 29.0 Å². The highest BCUT2D eigenvalue weighted by Gasteiger charge is 2.35. The molecule has 17 heavy (non-hydrogen) atoms. The van der Waals surface area contributed by atoms with Gasteiger partial charge in [-0.2, -0.15) is 5.26 Å². The minimum Gasteiger partial charge on any atom is -0.334 e. The van der Waals surface area contributed by atoms with Crippen LogP contribution >= 0.6 is 11.6 Å². The highest BCUT2D eigenvalue weighted by atomic mass is 35.5. The van der Waals surface area contributed by atoms with Crippen molar-refractivity contribution >= 4 is 17.5 Å². The molecule has 0 spiro atoms. The van der Waals surface area contributed by atoms with Gasteiger partial charge in [0.25, 0.3) is 5.91 Å². The topological polar surface area (TPSA) is 65.8 Å². The van der Waals surface area contributed by atoms with Crippen LogP contribution < -0.4 is 5.32 Å². The second-order valence-electron chi connectivity index (χ2n) is 4.22. The van der Waals surface area contributed by atoms with Crippen molar-refractivity contribution in [2.45, 2.75) is 31.2 Å². The summed E-state index contributed by atoms with van der Waals surface area (Å²) in [7, 11) is 0. The van der Waals surface area contributed by atoms with E-state index in [1.165, 1.54) is 6.20 Å². The zero-order valence-corrected chi connectivity index (χ0v) is 10.00. The number of nitrogens with zero attached hydrogens (tertiary/aromatic N) is 2. The Balaban J connectivity index is 2.11. The summed E-state index contributed by atoms with van der Waals surface area (Å²) in [5.41, 5.74) is -0.271. The lowest BCUT2D eigenvalue weighted by molar-refractivity contribution is 0.0920. The molecule has 1 aromatic heterocycles. The fraction of sp³-hybridized carbons (Fsp3) is 0.417. The predicted octanol–water partition coefficient (Wildman–Crippen LogP) is 2.30. The average Bonchev–Trinajstić information content (AvgIpc) is 2.79. The van der Waals surface area contributed by atoms with Crippen LogP contribution in [0.4, 0.5) is 0 Å². The van der Waals surface area contributed by atoms with Gasteiger partial charge < -0.3 is 5.32 Å². The van der Waals surface area contributed by atoms with Crippen molar-refractivity contribution in [3.8, 4) is 6.07 Å². The Morgan fingerprint density at radius 3 is 2.71 bits per heavy atom. The first kappa shape index (κ1) is 11.9. The molecule has 88 valence electrons. The Morgan fingerprint density at radius 1 is 1.47 bits per heavy atom. The van der Waals surface area contributed by atoms with E-state index in [0.29, 0.717) is 10.7 Å². The normalized spacial score (nSPS) is 17.4. The number of halogens is 1. The lowest BCUT2D eigenvalue weighted by Crippen LogP contribution is -2.45. The first-order chi connectivity index (χ1) is 8.15. The number of pyridine rings is 1. The standard InChI is InChI=1S/C12H12ClN3O/c13-10-4-3-9(7-15-10)11(17)16-12(8-14)5-1-2-6-12/h3-4,7H,1-2,5-6H2,(H,16,17). The van der Waals surface area contributed by atoms with Crippen molar-refractivity contribution in [2.24, 2.45) is 0 Å². The maximum absolute atomic E-state index is 11.9. The molecule has 0 bridgehead atoms. The third-order valence-corrected chi connectivity index (χ3v) is 3.24. The van der Waals surface area contributed by atoms with Crippen LogP contribution in [0.25, 0.3) is 0 Å². The van der Waals surface area contributed by atoms with Crippen molar-refractivity contribution in [2.75, 3.05) is 0 Å². The lowest BCUT2D eigenvalue weighted by Gasteiger charge is -2.21. The fourth-order valence-corrected chi connectivity index (χ4v) is 2.15. The van der Waals surface area contributed by atoms with Gasteiger partial charge in [0.05, 0.1) is 11.6 Å². The minimum atomic E-state index is -0.698. The Morgan fingerprint density at radius 2 is 2.18 bits per heavy atom. The smallest absolute Gasteiger partial charge is 0.254 e. The number of carbonyl (C=O) groups excluding carboxylic acids is 1. The molecule has 0 aromatic carbocycles. The van der Waals surface area contributed by atoms with Crippen LogP contribution in [-0.4, -0.2) is 16.4 Å². The van der Waals surface area contributed by atoms with E-state index in [2.05, 4.69) is 16.4 Å². The first-order valence-electron chi connectivity index (χ1n) is 5.50. The highest BCUT2D eigenvalue weighted by molar-refractivity contribution is 6.29. The lowest BCUT2D eigenvalue weighted by atomic mass is 9.99. The third kappa shape index (κ3) is 2.56. The van der Waals surface area contributed by atoms with Crippen LogP contribution in [0.1, 0.15) is 36.0 Å². The summed E-state index contributed by atoms with van der Waals surface area (Å²) in [4.78, 5) is 15.8. The zero-order valence-electron chi connectivity index (χ0n) is 9.24. The number of nitrogens with one attached hydrogen (secondary N) is 1. The summed E-state index contributed by atoms with van der Waals surface area (Å²) in [5, 5.41) is 12.3. The van der Waals surface area contributed by atoms with Gasteiger partial charge >= 0.3 is 0 Å². The summed E-state index contributed by atoms with van der Waals surface area (Å²) in [5.74, 6) is -0.266. The van der Waals surface area contributed by atoms with Gasteiger partial charge in [-0.05, 0) is 37.8 Å². The summed E-state index contributed by atoms with van der Waals surface area (Å²) in [6.45, 7) is 0. The van der Waals surface area contributed by atoms with Crippen LogP contribution in [0.3, 0.4) is 0 Å². The number of carbonyl (C=O) groups is 1. The molecular weight excluding hydrogens is 238 g/mol. The molecule has 5 heteroatoms. The zero-order chi connectivity index (χ0) is 12.3. The molecular formula is C12H12ClN3O. The molecule has 0 radical (unpaired) electrons. The van der Waals surface area contributed by atoms with Gasteiger partial charge in [0, 0.05) is 6.20 Å². The number of amides is 1. The number of hydrogen-bond acceptors (Lipinski definition) is 3. The molecule has 4 nitrogen and oxygen atoms in total. The van der Waals surface area contributed by atoms with Gasteiger partial charge in [-0.3, -0.25) is 4.79 Å². The van der Waals surface area contributed by atoms with Crippen molar-refractivity contribution in [1.82, 2.24) is 10.3 Å². The highest BCUT2D eigenvalue weighted by Crippen LogP contribution is 2.29. The quantitative estimate of drug-likeness (QED) is 0.818. The van der Waals surface area contributed by atoms with E-state index < -0.39 is 5.54 Å². The summed E-state index contributed by atoms with van der Waals surface area (Å²) < 4.78 is 0. The van der Waals surface area contributed by atoms with Gasteiger partial charge in [-0.1, -0.05) is 11.6 Å². The largest absolute Gasteiger partial charge is 0.334 e. The number of aromatic nitrogens is 1. The van der Waals surface area contributed by atoms with Crippen LogP contribution in [0, 0.1) is 11.3 Å². The first-order valence-corrected chi connectivity index (χ1v) is 5.88. The third-order valence-electron chi connectivity index (χ3n) is 3.01. The number of hydrogen-bond donors (Lipinski definition) is 1. The molecule has 1 saturated carbocycles. The molecule has 2 rings (SSSR count). The second kappa shape index (κ2) is 4.72.